The summed E-state index contributed by atoms with van der Waals surface area (Å²) in [6.45, 7) is 0. The van der Waals surface area contributed by atoms with Crippen LogP contribution in [-0.4, -0.2) is 16.9 Å². The average Bonchev–Trinajstić information content (AvgIpc) is 2.48. The number of carbonyl (C=O) groups excluding carboxylic acids is 2. The van der Waals surface area contributed by atoms with Gasteiger partial charge in [-0.2, -0.15) is 0 Å². The van der Waals surface area contributed by atoms with E-state index >= 15 is 0 Å². The highest BCUT2D eigenvalue weighted by molar-refractivity contribution is 6.30. The summed E-state index contributed by atoms with van der Waals surface area (Å²) >= 11 is 5.73. The van der Waals surface area contributed by atoms with E-state index in [1.54, 1.807) is 36.4 Å². The Hall–Kier alpha value is -2.60. The molecule has 20 heavy (non-hydrogen) atoms. The number of pyridine rings is 1. The van der Waals surface area contributed by atoms with Gasteiger partial charge < -0.3 is 5.32 Å². The summed E-state index contributed by atoms with van der Waals surface area (Å²) in [4.78, 5) is 27.0. The second-order valence-electron chi connectivity index (χ2n) is 3.76. The van der Waals surface area contributed by atoms with E-state index in [-0.39, 0.29) is 5.69 Å². The van der Waals surface area contributed by atoms with Crippen LogP contribution in [0.5, 0.6) is 0 Å². The van der Waals surface area contributed by atoms with Crippen molar-refractivity contribution in [2.24, 2.45) is 0 Å². The van der Waals surface area contributed by atoms with Crippen molar-refractivity contribution < 1.29 is 9.59 Å². The Morgan fingerprint density at radius 1 is 1.00 bits per heavy atom. The lowest BCUT2D eigenvalue weighted by Crippen LogP contribution is -2.44. The minimum absolute atomic E-state index is 0.208. The smallest absolute Gasteiger partial charge is 0.307 e. The van der Waals surface area contributed by atoms with Gasteiger partial charge in [0.1, 0.15) is 5.69 Å². The maximum absolute atomic E-state index is 11.6. The largest absolute Gasteiger partial charge is 0.337 e. The van der Waals surface area contributed by atoms with Gasteiger partial charge in [0.2, 0.25) is 0 Å². The quantitative estimate of drug-likeness (QED) is 0.742. The van der Waals surface area contributed by atoms with Crippen molar-refractivity contribution in [3.05, 3.63) is 59.4 Å². The minimum atomic E-state index is -0.573. The van der Waals surface area contributed by atoms with Crippen LogP contribution >= 0.6 is 11.6 Å². The minimum Gasteiger partial charge on any atom is -0.307 e. The highest BCUT2D eigenvalue weighted by Crippen LogP contribution is 2.12. The van der Waals surface area contributed by atoms with Gasteiger partial charge in [0, 0.05) is 16.9 Å². The van der Waals surface area contributed by atoms with Gasteiger partial charge in [-0.05, 0) is 36.4 Å². The number of urea groups is 1. The highest BCUT2D eigenvalue weighted by Gasteiger charge is 2.07. The molecule has 0 aliphatic carbocycles. The van der Waals surface area contributed by atoms with Crippen LogP contribution in [0.15, 0.2) is 48.7 Å². The number of hydrazine groups is 1. The van der Waals surface area contributed by atoms with Crippen molar-refractivity contribution in [2.45, 2.75) is 0 Å². The first-order valence-electron chi connectivity index (χ1n) is 5.69. The third-order valence-electron chi connectivity index (χ3n) is 2.29. The molecule has 3 amide bonds. The summed E-state index contributed by atoms with van der Waals surface area (Å²) in [5.41, 5.74) is 5.22. The summed E-state index contributed by atoms with van der Waals surface area (Å²) in [5, 5.41) is 3.10. The number of benzene rings is 1. The fourth-order valence-corrected chi connectivity index (χ4v) is 1.50. The summed E-state index contributed by atoms with van der Waals surface area (Å²) in [6, 6.07) is 10.9. The van der Waals surface area contributed by atoms with E-state index in [9.17, 15) is 9.59 Å². The first-order chi connectivity index (χ1) is 9.65. The molecule has 0 unspecified atom stereocenters. The molecule has 1 heterocycles. The molecule has 6 nitrogen and oxygen atoms in total. The van der Waals surface area contributed by atoms with Gasteiger partial charge in [-0.25, -0.2) is 10.2 Å². The normalized spacial score (nSPS) is 9.65. The van der Waals surface area contributed by atoms with Gasteiger partial charge in [0.25, 0.3) is 5.91 Å². The number of hydrogen-bond donors (Lipinski definition) is 3. The molecule has 0 fully saturated rings. The standard InChI is InChI=1S/C13H11ClN4O2/c14-9-4-6-10(7-5-9)16-13(20)18-17-12(19)11-3-1-2-8-15-11/h1-8H,(H,17,19)(H2,16,18,20). The Balaban J connectivity index is 1.83. The number of nitrogens with zero attached hydrogens (tertiary/aromatic N) is 1. The van der Waals surface area contributed by atoms with Gasteiger partial charge in [-0.3, -0.25) is 15.2 Å². The first kappa shape index (κ1) is 13.8. The van der Waals surface area contributed by atoms with Crippen molar-refractivity contribution in [1.29, 1.82) is 0 Å². The number of nitrogens with one attached hydrogen (secondary N) is 3. The maximum Gasteiger partial charge on any atom is 0.337 e. The number of amides is 3. The van der Waals surface area contributed by atoms with Crippen molar-refractivity contribution in [3.8, 4) is 0 Å². The number of aromatic nitrogens is 1. The number of halogens is 1. The summed E-state index contributed by atoms with van der Waals surface area (Å²) in [6.07, 6.45) is 1.49. The zero-order valence-corrected chi connectivity index (χ0v) is 11.0. The molecular weight excluding hydrogens is 280 g/mol. The third kappa shape index (κ3) is 3.96. The van der Waals surface area contributed by atoms with E-state index < -0.39 is 11.9 Å². The second kappa shape index (κ2) is 6.53. The molecule has 1 aromatic heterocycles. The Bertz CT molecular complexity index is 602. The van der Waals surface area contributed by atoms with E-state index in [0.717, 1.165) is 0 Å². The molecule has 0 atom stereocenters. The van der Waals surface area contributed by atoms with Gasteiger partial charge in [0.15, 0.2) is 0 Å². The van der Waals surface area contributed by atoms with Crippen LogP contribution in [0.1, 0.15) is 10.5 Å². The van der Waals surface area contributed by atoms with E-state index in [0.29, 0.717) is 10.7 Å². The molecule has 0 aliphatic heterocycles. The van der Waals surface area contributed by atoms with Crippen LogP contribution in [0, 0.1) is 0 Å². The van der Waals surface area contributed by atoms with Crippen molar-refractivity contribution >= 4 is 29.2 Å². The number of hydrogen-bond acceptors (Lipinski definition) is 3. The van der Waals surface area contributed by atoms with E-state index in [2.05, 4.69) is 21.2 Å². The summed E-state index contributed by atoms with van der Waals surface area (Å²) in [5.74, 6) is -0.503. The fraction of sp³-hybridized carbons (Fsp3) is 0. The summed E-state index contributed by atoms with van der Waals surface area (Å²) in [7, 11) is 0. The lowest BCUT2D eigenvalue weighted by molar-refractivity contribution is 0.0933. The topological polar surface area (TPSA) is 83.1 Å². The van der Waals surface area contributed by atoms with Crippen LogP contribution in [0.2, 0.25) is 5.02 Å². The Labute approximate surface area is 120 Å². The number of carbonyl (C=O) groups is 2. The molecule has 0 saturated carbocycles. The first-order valence-corrected chi connectivity index (χ1v) is 6.07. The van der Waals surface area contributed by atoms with E-state index in [4.69, 9.17) is 11.6 Å². The van der Waals surface area contributed by atoms with Gasteiger partial charge in [-0.15, -0.1) is 0 Å². The van der Waals surface area contributed by atoms with Gasteiger partial charge in [-0.1, -0.05) is 17.7 Å². The van der Waals surface area contributed by atoms with Gasteiger partial charge >= 0.3 is 6.03 Å². The Morgan fingerprint density at radius 2 is 1.75 bits per heavy atom. The van der Waals surface area contributed by atoms with Crippen molar-refractivity contribution in [3.63, 3.8) is 0 Å². The number of rotatable bonds is 2. The second-order valence-corrected chi connectivity index (χ2v) is 4.19. The third-order valence-corrected chi connectivity index (χ3v) is 2.54. The lowest BCUT2D eigenvalue weighted by atomic mass is 10.3. The molecular formula is C13H11ClN4O2. The average molecular weight is 291 g/mol. The van der Waals surface area contributed by atoms with Gasteiger partial charge in [0.05, 0.1) is 0 Å². The molecule has 3 N–H and O–H groups in total. The molecule has 102 valence electrons. The molecule has 2 aromatic rings. The SMILES string of the molecule is O=C(NNC(=O)c1ccccn1)Nc1ccc(Cl)cc1. The highest BCUT2D eigenvalue weighted by atomic mass is 35.5. The zero-order valence-electron chi connectivity index (χ0n) is 10.3. The number of anilines is 1. The predicted molar refractivity (Wildman–Crippen MR) is 75.3 cm³/mol. The molecule has 7 heteroatoms. The molecule has 0 radical (unpaired) electrons. The van der Waals surface area contributed by atoms with E-state index in [1.807, 2.05) is 0 Å². The molecule has 1 aromatic carbocycles. The zero-order chi connectivity index (χ0) is 14.4. The van der Waals surface area contributed by atoms with Crippen LogP contribution in [0.4, 0.5) is 10.5 Å². The molecule has 0 saturated heterocycles. The fourth-order valence-electron chi connectivity index (χ4n) is 1.37. The molecule has 2 rings (SSSR count). The molecule has 0 aliphatic rings. The lowest BCUT2D eigenvalue weighted by Gasteiger charge is -2.08. The summed E-state index contributed by atoms with van der Waals surface area (Å²) < 4.78 is 0. The van der Waals surface area contributed by atoms with Crippen molar-refractivity contribution in [1.82, 2.24) is 15.8 Å². The van der Waals surface area contributed by atoms with Crippen LogP contribution in [-0.2, 0) is 0 Å². The predicted octanol–water partition coefficient (Wildman–Crippen LogP) is 2.20. The van der Waals surface area contributed by atoms with Crippen LogP contribution < -0.4 is 16.2 Å². The van der Waals surface area contributed by atoms with E-state index in [1.165, 1.54) is 12.3 Å². The van der Waals surface area contributed by atoms with Crippen molar-refractivity contribution in [2.75, 3.05) is 5.32 Å². The molecule has 0 spiro atoms. The maximum atomic E-state index is 11.6. The monoisotopic (exact) mass is 290 g/mol. The van der Waals surface area contributed by atoms with Crippen LogP contribution in [0.25, 0.3) is 0 Å². The Morgan fingerprint density at radius 3 is 2.40 bits per heavy atom. The molecule has 0 bridgehead atoms. The van der Waals surface area contributed by atoms with Crippen LogP contribution in [0.3, 0.4) is 0 Å². The Kier molecular flexibility index (Phi) is 4.52.